The maximum absolute atomic E-state index is 12.5. The smallest absolute Gasteiger partial charge is 0.462 e. The second-order valence-electron chi connectivity index (χ2n) is 12.6. The van der Waals surface area contributed by atoms with Crippen molar-refractivity contribution in [1.82, 2.24) is 0 Å². The maximum atomic E-state index is 12.5. The molecule has 0 amide bonds. The first-order valence-corrected chi connectivity index (χ1v) is 20.1. The number of hydrogen-bond acceptors (Lipinski definition) is 9. The molecule has 0 aliphatic heterocycles. The number of ether oxygens (including phenoxy) is 2. The molecule has 0 aliphatic carbocycles. The van der Waals surface area contributed by atoms with Crippen molar-refractivity contribution < 1.29 is 47.8 Å². The molecular weight excluding hydrogens is 623 g/mol. The molecule has 0 aromatic rings. The van der Waals surface area contributed by atoms with Gasteiger partial charge in [0.2, 0.25) is 0 Å². The highest BCUT2D eigenvalue weighted by molar-refractivity contribution is 7.47. The van der Waals surface area contributed by atoms with Crippen LogP contribution in [0.2, 0.25) is 0 Å². The molecular formula is C36H69O10P. The summed E-state index contributed by atoms with van der Waals surface area (Å²) in [7, 11) is -4.60. The fourth-order valence-corrected chi connectivity index (χ4v) is 5.78. The van der Waals surface area contributed by atoms with Crippen LogP contribution in [0.1, 0.15) is 168 Å². The number of hydrogen-bond donors (Lipinski definition) is 3. The highest BCUT2D eigenvalue weighted by Gasteiger charge is 2.27. The summed E-state index contributed by atoms with van der Waals surface area (Å²) in [5.41, 5.74) is 0. The number of aliphatic hydroxyl groups is 2. The number of unbranched alkanes of at least 4 members (excludes halogenated alkanes) is 19. The van der Waals surface area contributed by atoms with E-state index in [1.54, 1.807) is 0 Å². The zero-order chi connectivity index (χ0) is 34.9. The first kappa shape index (κ1) is 45.7. The second kappa shape index (κ2) is 33.2. The van der Waals surface area contributed by atoms with Crippen molar-refractivity contribution in [3.63, 3.8) is 0 Å². The predicted octanol–water partition coefficient (Wildman–Crippen LogP) is 8.89. The van der Waals surface area contributed by atoms with E-state index in [1.807, 2.05) is 0 Å². The molecule has 0 aromatic carbocycles. The van der Waals surface area contributed by atoms with Crippen LogP contribution in [0.15, 0.2) is 12.2 Å². The van der Waals surface area contributed by atoms with Gasteiger partial charge in [-0.05, 0) is 38.5 Å². The number of carbonyl (C=O) groups excluding carboxylic acids is 2. The number of phosphoric ester groups is 1. The van der Waals surface area contributed by atoms with E-state index >= 15 is 0 Å². The Morgan fingerprint density at radius 1 is 0.617 bits per heavy atom. The summed E-state index contributed by atoms with van der Waals surface area (Å²) < 4.78 is 32.5. The maximum Gasteiger partial charge on any atom is 0.472 e. The number of rotatable bonds is 35. The summed E-state index contributed by atoms with van der Waals surface area (Å²) >= 11 is 0. The molecule has 0 saturated heterocycles. The first-order valence-electron chi connectivity index (χ1n) is 18.6. The van der Waals surface area contributed by atoms with Crippen LogP contribution in [0.3, 0.4) is 0 Å². The summed E-state index contributed by atoms with van der Waals surface area (Å²) in [5, 5.41) is 18.2. The zero-order valence-electron chi connectivity index (χ0n) is 29.8. The fraction of sp³-hybridized carbons (Fsp3) is 0.889. The quantitative estimate of drug-likeness (QED) is 0.0254. The van der Waals surface area contributed by atoms with Gasteiger partial charge in [0.15, 0.2) is 6.10 Å². The van der Waals surface area contributed by atoms with Gasteiger partial charge in [-0.3, -0.25) is 18.6 Å². The van der Waals surface area contributed by atoms with Crippen molar-refractivity contribution in [1.29, 1.82) is 0 Å². The minimum Gasteiger partial charge on any atom is -0.462 e. The van der Waals surface area contributed by atoms with Crippen LogP contribution in [0.5, 0.6) is 0 Å². The van der Waals surface area contributed by atoms with Crippen LogP contribution in [-0.4, -0.2) is 65.7 Å². The lowest BCUT2D eigenvalue weighted by molar-refractivity contribution is -0.161. The Hall–Kier alpha value is -1.29. The van der Waals surface area contributed by atoms with E-state index in [2.05, 4.69) is 30.5 Å². The van der Waals surface area contributed by atoms with Crippen LogP contribution in [0, 0.1) is 0 Å². The van der Waals surface area contributed by atoms with Gasteiger partial charge in [-0.25, -0.2) is 4.57 Å². The van der Waals surface area contributed by atoms with Crippen LogP contribution in [0.4, 0.5) is 0 Å². The Morgan fingerprint density at radius 3 is 1.55 bits per heavy atom. The SMILES string of the molecule is CCCCCC/C=C\CCCCCCCC(=O)OC[C@H](COP(=O)(O)OC[C@@H](O)CO)OC(=O)CCCCCCCCCCCCC. The van der Waals surface area contributed by atoms with Crippen molar-refractivity contribution in [2.24, 2.45) is 0 Å². The van der Waals surface area contributed by atoms with Gasteiger partial charge >= 0.3 is 19.8 Å². The highest BCUT2D eigenvalue weighted by Crippen LogP contribution is 2.43. The highest BCUT2D eigenvalue weighted by atomic mass is 31.2. The van der Waals surface area contributed by atoms with Gasteiger partial charge in [-0.2, -0.15) is 0 Å². The molecule has 3 N–H and O–H groups in total. The molecule has 1 unspecified atom stereocenters. The Labute approximate surface area is 286 Å². The van der Waals surface area contributed by atoms with Gasteiger partial charge in [0.1, 0.15) is 12.7 Å². The predicted molar refractivity (Wildman–Crippen MR) is 187 cm³/mol. The Kier molecular flexibility index (Phi) is 32.3. The van der Waals surface area contributed by atoms with Gasteiger partial charge in [0.25, 0.3) is 0 Å². The lowest BCUT2D eigenvalue weighted by Gasteiger charge is -2.20. The summed E-state index contributed by atoms with van der Waals surface area (Å²) in [5.74, 6) is -0.932. The normalized spacial score (nSPS) is 14.2. The molecule has 0 heterocycles. The Balaban J connectivity index is 4.38. The molecule has 0 radical (unpaired) electrons. The third-order valence-electron chi connectivity index (χ3n) is 7.92. The van der Waals surface area contributed by atoms with E-state index in [1.165, 1.54) is 70.6 Å². The molecule has 278 valence electrons. The lowest BCUT2D eigenvalue weighted by Crippen LogP contribution is -2.29. The summed E-state index contributed by atoms with van der Waals surface area (Å²) in [6, 6.07) is 0. The standard InChI is InChI=1S/C36H69O10P/c1-3-5-7-9-11-13-15-16-18-19-21-23-25-27-35(39)43-31-34(32-45-47(41,42)44-30-33(38)29-37)46-36(40)28-26-24-22-20-17-14-12-10-8-6-4-2/h13,15,33-34,37-38H,3-12,14,16-32H2,1-2H3,(H,41,42)/b15-13-/t33-,34+/m0/s1. The van der Waals surface area contributed by atoms with E-state index in [-0.39, 0.29) is 19.4 Å². The van der Waals surface area contributed by atoms with E-state index < -0.39 is 51.8 Å². The van der Waals surface area contributed by atoms with Gasteiger partial charge in [0.05, 0.1) is 19.8 Å². The molecule has 0 aliphatic rings. The minimum absolute atomic E-state index is 0.187. The van der Waals surface area contributed by atoms with Crippen LogP contribution in [-0.2, 0) is 32.7 Å². The number of esters is 2. The average Bonchev–Trinajstić information content (AvgIpc) is 3.05. The minimum atomic E-state index is -4.60. The summed E-state index contributed by atoms with van der Waals surface area (Å²) in [4.78, 5) is 34.7. The van der Waals surface area contributed by atoms with Crippen molar-refractivity contribution >= 4 is 19.8 Å². The third-order valence-corrected chi connectivity index (χ3v) is 8.87. The van der Waals surface area contributed by atoms with Crippen LogP contribution >= 0.6 is 7.82 Å². The van der Waals surface area contributed by atoms with Crippen molar-refractivity contribution in [2.75, 3.05) is 26.4 Å². The van der Waals surface area contributed by atoms with Crippen molar-refractivity contribution in [3.05, 3.63) is 12.2 Å². The Morgan fingerprint density at radius 2 is 1.04 bits per heavy atom. The van der Waals surface area contributed by atoms with Crippen molar-refractivity contribution in [2.45, 2.75) is 180 Å². The molecule has 0 rings (SSSR count). The van der Waals surface area contributed by atoms with Crippen LogP contribution in [0.25, 0.3) is 0 Å². The van der Waals surface area contributed by atoms with Gasteiger partial charge in [-0.1, -0.05) is 129 Å². The van der Waals surface area contributed by atoms with E-state index in [4.69, 9.17) is 19.1 Å². The van der Waals surface area contributed by atoms with E-state index in [0.717, 1.165) is 57.8 Å². The molecule has 3 atom stereocenters. The zero-order valence-corrected chi connectivity index (χ0v) is 30.6. The Bertz CT molecular complexity index is 807. The molecule has 0 bridgehead atoms. The van der Waals surface area contributed by atoms with Crippen molar-refractivity contribution in [3.8, 4) is 0 Å². The van der Waals surface area contributed by atoms with Gasteiger partial charge in [-0.15, -0.1) is 0 Å². The molecule has 0 fully saturated rings. The average molecular weight is 693 g/mol. The monoisotopic (exact) mass is 692 g/mol. The fourth-order valence-electron chi connectivity index (χ4n) is 4.99. The van der Waals surface area contributed by atoms with Gasteiger partial charge < -0.3 is 24.6 Å². The topological polar surface area (TPSA) is 149 Å². The number of aliphatic hydroxyl groups excluding tert-OH is 2. The lowest BCUT2D eigenvalue weighted by atomic mass is 10.1. The van der Waals surface area contributed by atoms with E-state index in [0.29, 0.717) is 12.8 Å². The largest absolute Gasteiger partial charge is 0.472 e. The number of allylic oxidation sites excluding steroid dienone is 2. The summed E-state index contributed by atoms with van der Waals surface area (Å²) in [6.45, 7) is 2.33. The third kappa shape index (κ3) is 33.0. The van der Waals surface area contributed by atoms with Gasteiger partial charge in [0, 0.05) is 12.8 Å². The molecule has 10 nitrogen and oxygen atoms in total. The number of carbonyl (C=O) groups is 2. The van der Waals surface area contributed by atoms with Crippen LogP contribution < -0.4 is 0 Å². The molecule has 0 saturated carbocycles. The first-order chi connectivity index (χ1) is 22.7. The number of phosphoric acid groups is 1. The molecule has 11 heteroatoms. The van der Waals surface area contributed by atoms with E-state index in [9.17, 15) is 24.2 Å². The molecule has 0 spiro atoms. The summed E-state index contributed by atoms with van der Waals surface area (Å²) in [6.07, 6.45) is 27.5. The molecule has 0 aromatic heterocycles. The second-order valence-corrected chi connectivity index (χ2v) is 14.1. The molecule has 47 heavy (non-hydrogen) atoms.